The van der Waals surface area contributed by atoms with Gasteiger partial charge in [0.05, 0.1) is 5.25 Å². The van der Waals surface area contributed by atoms with Crippen molar-refractivity contribution in [2.45, 2.75) is 36.7 Å². The Morgan fingerprint density at radius 1 is 1.03 bits per heavy atom. The molecule has 1 aliphatic heterocycles. The number of hydrogen-bond donors (Lipinski definition) is 1. The molecule has 1 amide bonds. The van der Waals surface area contributed by atoms with Gasteiger partial charge in [0.15, 0.2) is 0 Å². The maximum Gasteiger partial charge on any atom is 0.277 e. The number of benzene rings is 2. The van der Waals surface area contributed by atoms with Crippen LogP contribution >= 0.6 is 11.8 Å². The molecule has 150 valence electrons. The summed E-state index contributed by atoms with van der Waals surface area (Å²) in [5.41, 5.74) is 2.86. The summed E-state index contributed by atoms with van der Waals surface area (Å²) in [5, 5.41) is 11.1. The van der Waals surface area contributed by atoms with Gasteiger partial charge in [-0.2, -0.15) is 0 Å². The first-order valence-electron chi connectivity index (χ1n) is 9.90. The van der Waals surface area contributed by atoms with Crippen LogP contribution in [0.15, 0.2) is 64.2 Å². The normalized spacial score (nSPS) is 15.1. The number of amides is 1. The second-order valence-electron chi connectivity index (χ2n) is 7.08. The molecule has 29 heavy (non-hydrogen) atoms. The van der Waals surface area contributed by atoms with Gasteiger partial charge >= 0.3 is 0 Å². The minimum Gasteiger partial charge on any atom is -0.411 e. The molecular weight excluding hydrogens is 384 g/mol. The zero-order valence-corrected chi connectivity index (χ0v) is 17.2. The monoisotopic (exact) mass is 408 g/mol. The molecule has 0 spiro atoms. The highest BCUT2D eigenvalue weighted by Crippen LogP contribution is 2.27. The van der Waals surface area contributed by atoms with Crippen LogP contribution < -0.4 is 10.2 Å². The minimum absolute atomic E-state index is 0.0971. The molecule has 6 nitrogen and oxygen atoms in total. The highest BCUT2D eigenvalue weighted by molar-refractivity contribution is 8.00. The zero-order chi connectivity index (χ0) is 20.1. The SMILES string of the molecule is C[C@H](Sc1nnc(-c2ccccc2)o1)C(=O)Nc1ccc(N2CCCCC2)cc1. The van der Waals surface area contributed by atoms with Gasteiger partial charge in [0.1, 0.15) is 0 Å². The molecule has 7 heteroatoms. The fourth-order valence-electron chi connectivity index (χ4n) is 3.31. The maximum absolute atomic E-state index is 12.5. The molecule has 1 atom stereocenters. The lowest BCUT2D eigenvalue weighted by atomic mass is 10.1. The lowest BCUT2D eigenvalue weighted by Crippen LogP contribution is -2.29. The molecule has 0 aliphatic carbocycles. The van der Waals surface area contributed by atoms with E-state index in [1.807, 2.05) is 49.4 Å². The van der Waals surface area contributed by atoms with Crippen molar-refractivity contribution >= 4 is 29.0 Å². The summed E-state index contributed by atoms with van der Waals surface area (Å²) in [6.45, 7) is 4.04. The molecule has 1 fully saturated rings. The molecule has 0 unspecified atom stereocenters. The average molecular weight is 409 g/mol. The topological polar surface area (TPSA) is 71.3 Å². The second-order valence-corrected chi connectivity index (χ2v) is 8.38. The van der Waals surface area contributed by atoms with Crippen molar-refractivity contribution in [1.82, 2.24) is 10.2 Å². The first-order valence-corrected chi connectivity index (χ1v) is 10.8. The Balaban J connectivity index is 1.33. The molecule has 1 N–H and O–H groups in total. The van der Waals surface area contributed by atoms with Crippen LogP contribution in [-0.2, 0) is 4.79 Å². The molecule has 2 aromatic carbocycles. The van der Waals surface area contributed by atoms with E-state index < -0.39 is 0 Å². The predicted octanol–water partition coefficient (Wildman–Crippen LogP) is 4.85. The number of carbonyl (C=O) groups is 1. The van der Waals surface area contributed by atoms with Crippen LogP contribution in [0.3, 0.4) is 0 Å². The molecule has 1 aromatic heterocycles. The third kappa shape index (κ3) is 4.98. The molecule has 0 radical (unpaired) electrons. The molecule has 3 aromatic rings. The summed E-state index contributed by atoms with van der Waals surface area (Å²) in [4.78, 5) is 14.9. The van der Waals surface area contributed by atoms with Gasteiger partial charge in [-0.1, -0.05) is 30.0 Å². The Bertz CT molecular complexity index is 937. The van der Waals surface area contributed by atoms with Crippen LogP contribution in [0.2, 0.25) is 0 Å². The molecule has 0 saturated carbocycles. The number of thioether (sulfide) groups is 1. The van der Waals surface area contributed by atoms with Gasteiger partial charge in [-0.15, -0.1) is 10.2 Å². The Morgan fingerprint density at radius 3 is 2.48 bits per heavy atom. The fraction of sp³-hybridized carbons (Fsp3) is 0.318. The van der Waals surface area contributed by atoms with Gasteiger partial charge in [-0.3, -0.25) is 4.79 Å². The number of piperidine rings is 1. The van der Waals surface area contributed by atoms with Crippen molar-refractivity contribution in [1.29, 1.82) is 0 Å². The van der Waals surface area contributed by atoms with E-state index in [4.69, 9.17) is 4.42 Å². The van der Waals surface area contributed by atoms with Crippen LogP contribution in [-0.4, -0.2) is 34.4 Å². The Kier molecular flexibility index (Phi) is 6.14. The number of carbonyl (C=O) groups excluding carboxylic acids is 1. The Labute approximate surface area is 174 Å². The summed E-state index contributed by atoms with van der Waals surface area (Å²) in [7, 11) is 0. The van der Waals surface area contributed by atoms with Gasteiger partial charge in [0, 0.05) is 30.0 Å². The lowest BCUT2D eigenvalue weighted by Gasteiger charge is -2.28. The van der Waals surface area contributed by atoms with Crippen LogP contribution in [0.1, 0.15) is 26.2 Å². The quantitative estimate of drug-likeness (QED) is 0.588. The summed E-state index contributed by atoms with van der Waals surface area (Å²) in [5.74, 6) is 0.356. The van der Waals surface area contributed by atoms with E-state index in [0.29, 0.717) is 11.1 Å². The largest absolute Gasteiger partial charge is 0.411 e. The molecule has 1 aliphatic rings. The smallest absolute Gasteiger partial charge is 0.277 e. The highest BCUT2D eigenvalue weighted by atomic mass is 32.2. The van der Waals surface area contributed by atoms with Crippen molar-refractivity contribution in [2.75, 3.05) is 23.3 Å². The van der Waals surface area contributed by atoms with Gasteiger partial charge in [-0.25, -0.2) is 0 Å². The van der Waals surface area contributed by atoms with E-state index in [9.17, 15) is 4.79 Å². The Hall–Kier alpha value is -2.80. The van der Waals surface area contributed by atoms with E-state index in [2.05, 4.69) is 32.5 Å². The summed E-state index contributed by atoms with van der Waals surface area (Å²) in [6.07, 6.45) is 3.80. The number of hydrogen-bond acceptors (Lipinski definition) is 6. The number of rotatable bonds is 6. The minimum atomic E-state index is -0.360. The summed E-state index contributed by atoms with van der Waals surface area (Å²) >= 11 is 1.25. The van der Waals surface area contributed by atoms with E-state index in [-0.39, 0.29) is 11.2 Å². The van der Waals surface area contributed by atoms with Crippen molar-refractivity contribution in [3.05, 3.63) is 54.6 Å². The third-order valence-corrected chi connectivity index (χ3v) is 5.86. The highest BCUT2D eigenvalue weighted by Gasteiger charge is 2.19. The van der Waals surface area contributed by atoms with Crippen molar-refractivity contribution in [3.8, 4) is 11.5 Å². The Morgan fingerprint density at radius 2 is 1.76 bits per heavy atom. The average Bonchev–Trinajstić information content (AvgIpc) is 3.24. The number of aromatic nitrogens is 2. The first kappa shape index (κ1) is 19.5. The number of anilines is 2. The molecule has 1 saturated heterocycles. The third-order valence-electron chi connectivity index (χ3n) is 4.93. The lowest BCUT2D eigenvalue weighted by molar-refractivity contribution is -0.115. The second kappa shape index (κ2) is 9.13. The van der Waals surface area contributed by atoms with Gasteiger partial charge in [0.25, 0.3) is 5.22 Å². The fourth-order valence-corrected chi connectivity index (χ4v) is 3.99. The maximum atomic E-state index is 12.5. The van der Waals surface area contributed by atoms with Crippen molar-refractivity contribution < 1.29 is 9.21 Å². The van der Waals surface area contributed by atoms with Crippen molar-refractivity contribution in [2.24, 2.45) is 0 Å². The number of nitrogens with zero attached hydrogens (tertiary/aromatic N) is 3. The van der Waals surface area contributed by atoms with Crippen molar-refractivity contribution in [3.63, 3.8) is 0 Å². The van der Waals surface area contributed by atoms with E-state index in [1.165, 1.54) is 36.7 Å². The zero-order valence-electron chi connectivity index (χ0n) is 16.4. The standard InChI is InChI=1S/C22H24N4O2S/c1-16(29-22-25-24-21(28-22)17-8-4-2-5-9-17)20(27)23-18-10-12-19(13-11-18)26-14-6-3-7-15-26/h2,4-5,8-13,16H,3,6-7,14-15H2,1H3,(H,23,27)/t16-/m0/s1. The molecule has 2 heterocycles. The molecule has 4 rings (SSSR count). The van der Waals surface area contributed by atoms with Crippen LogP contribution in [0, 0.1) is 0 Å². The van der Waals surface area contributed by atoms with Gasteiger partial charge in [-0.05, 0) is 62.6 Å². The van der Waals surface area contributed by atoms with E-state index >= 15 is 0 Å². The van der Waals surface area contributed by atoms with E-state index in [0.717, 1.165) is 24.3 Å². The van der Waals surface area contributed by atoms with Crippen LogP contribution in [0.5, 0.6) is 0 Å². The summed E-state index contributed by atoms with van der Waals surface area (Å²) in [6, 6.07) is 17.6. The predicted molar refractivity (Wildman–Crippen MR) is 116 cm³/mol. The first-order chi connectivity index (χ1) is 14.2. The molecule has 0 bridgehead atoms. The summed E-state index contributed by atoms with van der Waals surface area (Å²) < 4.78 is 5.68. The number of nitrogens with one attached hydrogen (secondary N) is 1. The van der Waals surface area contributed by atoms with E-state index in [1.54, 1.807) is 0 Å². The molecular formula is C22H24N4O2S. The van der Waals surface area contributed by atoms with Gasteiger partial charge in [0.2, 0.25) is 11.8 Å². The van der Waals surface area contributed by atoms with Gasteiger partial charge < -0.3 is 14.6 Å². The van der Waals surface area contributed by atoms with Crippen LogP contribution in [0.4, 0.5) is 11.4 Å². The van der Waals surface area contributed by atoms with Crippen LogP contribution in [0.25, 0.3) is 11.5 Å².